The molecular weight excluding hydrogens is 246 g/mol. The number of hydrogen-bond acceptors (Lipinski definition) is 3. The van der Waals surface area contributed by atoms with E-state index < -0.39 is 0 Å². The van der Waals surface area contributed by atoms with Crippen molar-refractivity contribution in [3.05, 3.63) is 35.9 Å². The van der Waals surface area contributed by atoms with E-state index in [0.29, 0.717) is 19.5 Å². The molecule has 0 bridgehead atoms. The molecule has 3 nitrogen and oxygen atoms in total. The van der Waals surface area contributed by atoms with Gasteiger partial charge in [-0.2, -0.15) is 0 Å². The van der Waals surface area contributed by atoms with Gasteiger partial charge in [0.05, 0.1) is 6.10 Å². The third-order valence-electron chi connectivity index (χ3n) is 3.01. The molecule has 0 aromatic heterocycles. The van der Waals surface area contributed by atoms with Crippen LogP contribution in [-0.4, -0.2) is 41.4 Å². The molecule has 2 rings (SSSR count). The Morgan fingerprint density at radius 3 is 2.72 bits per heavy atom. The molecule has 1 atom stereocenters. The minimum absolute atomic E-state index is 0.0273. The van der Waals surface area contributed by atoms with E-state index in [-0.39, 0.29) is 12.0 Å². The van der Waals surface area contributed by atoms with Gasteiger partial charge >= 0.3 is 0 Å². The van der Waals surface area contributed by atoms with Gasteiger partial charge in [0.1, 0.15) is 0 Å². The van der Waals surface area contributed by atoms with Crippen LogP contribution >= 0.6 is 11.8 Å². The van der Waals surface area contributed by atoms with Crippen LogP contribution in [0.4, 0.5) is 0 Å². The van der Waals surface area contributed by atoms with Crippen LogP contribution in [0.2, 0.25) is 0 Å². The lowest BCUT2D eigenvalue weighted by Crippen LogP contribution is -2.27. The number of β-amino-alcohol motifs (C(OH)–C–C–N with tert-alkyl or cyclic N) is 1. The van der Waals surface area contributed by atoms with E-state index in [0.717, 1.165) is 5.56 Å². The smallest absolute Gasteiger partial charge is 0.246 e. The second kappa shape index (κ2) is 6.07. The van der Waals surface area contributed by atoms with Crippen LogP contribution in [0.25, 0.3) is 6.08 Å². The Labute approximate surface area is 111 Å². The van der Waals surface area contributed by atoms with Crippen molar-refractivity contribution in [2.45, 2.75) is 17.4 Å². The summed E-state index contributed by atoms with van der Waals surface area (Å²) in [6.45, 7) is 1.10. The zero-order valence-electron chi connectivity index (χ0n) is 10.4. The van der Waals surface area contributed by atoms with Gasteiger partial charge in [-0.3, -0.25) is 4.79 Å². The van der Waals surface area contributed by atoms with Gasteiger partial charge in [0.2, 0.25) is 5.91 Å². The van der Waals surface area contributed by atoms with Crippen molar-refractivity contribution in [1.29, 1.82) is 0 Å². The molecule has 0 radical (unpaired) electrons. The zero-order valence-corrected chi connectivity index (χ0v) is 11.2. The summed E-state index contributed by atoms with van der Waals surface area (Å²) in [6, 6.07) is 8.06. The van der Waals surface area contributed by atoms with Crippen molar-refractivity contribution in [1.82, 2.24) is 4.90 Å². The van der Waals surface area contributed by atoms with Gasteiger partial charge in [0, 0.05) is 24.1 Å². The van der Waals surface area contributed by atoms with Gasteiger partial charge in [-0.1, -0.05) is 12.1 Å². The largest absolute Gasteiger partial charge is 0.391 e. The molecule has 18 heavy (non-hydrogen) atoms. The average molecular weight is 263 g/mol. The van der Waals surface area contributed by atoms with E-state index in [4.69, 9.17) is 0 Å². The van der Waals surface area contributed by atoms with Gasteiger partial charge in [0.15, 0.2) is 0 Å². The number of carbonyl (C=O) groups is 1. The SMILES string of the molecule is CSc1ccc(C=CC(=O)N2CC[C@@H](O)C2)cc1. The molecule has 4 heteroatoms. The first-order valence-electron chi connectivity index (χ1n) is 5.98. The normalized spacial score (nSPS) is 19.7. The predicted octanol–water partition coefficient (Wildman–Crippen LogP) is 2.01. The number of hydrogen-bond donors (Lipinski definition) is 1. The van der Waals surface area contributed by atoms with Crippen LogP contribution in [0.15, 0.2) is 35.2 Å². The fourth-order valence-electron chi connectivity index (χ4n) is 1.93. The summed E-state index contributed by atoms with van der Waals surface area (Å²) in [6.07, 6.45) is 5.75. The fourth-order valence-corrected chi connectivity index (χ4v) is 2.34. The standard InChI is InChI=1S/C14H17NO2S/c1-18-13-5-2-11(3-6-13)4-7-14(17)15-9-8-12(16)10-15/h2-7,12,16H,8-10H2,1H3/t12-/m1/s1. The van der Waals surface area contributed by atoms with Crippen molar-refractivity contribution >= 4 is 23.7 Å². The minimum atomic E-state index is -0.358. The van der Waals surface area contributed by atoms with Crippen LogP contribution in [0, 0.1) is 0 Å². The molecule has 1 saturated heterocycles. The highest BCUT2D eigenvalue weighted by Crippen LogP contribution is 2.16. The van der Waals surface area contributed by atoms with Crippen LogP contribution in [0.3, 0.4) is 0 Å². The molecule has 1 N–H and O–H groups in total. The Hall–Kier alpha value is -1.26. The molecule has 0 saturated carbocycles. The molecular formula is C14H17NO2S. The van der Waals surface area contributed by atoms with E-state index in [2.05, 4.69) is 0 Å². The molecule has 1 aromatic carbocycles. The second-order valence-electron chi connectivity index (χ2n) is 4.33. The summed E-state index contributed by atoms with van der Waals surface area (Å²) < 4.78 is 0. The maximum atomic E-state index is 11.8. The summed E-state index contributed by atoms with van der Waals surface area (Å²) >= 11 is 1.70. The predicted molar refractivity (Wildman–Crippen MR) is 74.5 cm³/mol. The number of aliphatic hydroxyl groups is 1. The highest BCUT2D eigenvalue weighted by atomic mass is 32.2. The lowest BCUT2D eigenvalue weighted by molar-refractivity contribution is -0.125. The van der Waals surface area contributed by atoms with Crippen molar-refractivity contribution in [3.63, 3.8) is 0 Å². The van der Waals surface area contributed by atoms with Crippen LogP contribution in [0.1, 0.15) is 12.0 Å². The maximum Gasteiger partial charge on any atom is 0.246 e. The zero-order chi connectivity index (χ0) is 13.0. The Balaban J connectivity index is 1.95. The Morgan fingerprint density at radius 1 is 1.44 bits per heavy atom. The third kappa shape index (κ3) is 3.37. The molecule has 0 spiro atoms. The first-order chi connectivity index (χ1) is 8.69. The van der Waals surface area contributed by atoms with Gasteiger partial charge in [-0.25, -0.2) is 0 Å². The first kappa shape index (κ1) is 13.2. The first-order valence-corrected chi connectivity index (χ1v) is 7.20. The third-order valence-corrected chi connectivity index (χ3v) is 3.75. The van der Waals surface area contributed by atoms with E-state index in [1.165, 1.54) is 4.90 Å². The average Bonchev–Trinajstić information content (AvgIpc) is 2.83. The second-order valence-corrected chi connectivity index (χ2v) is 5.21. The molecule has 1 heterocycles. The number of aliphatic hydroxyl groups excluding tert-OH is 1. The number of carbonyl (C=O) groups excluding carboxylic acids is 1. The van der Waals surface area contributed by atoms with E-state index in [1.807, 2.05) is 36.6 Å². The summed E-state index contributed by atoms with van der Waals surface area (Å²) in [5, 5.41) is 9.37. The maximum absolute atomic E-state index is 11.8. The molecule has 1 aromatic rings. The molecule has 0 unspecified atom stereocenters. The van der Waals surface area contributed by atoms with E-state index in [9.17, 15) is 9.90 Å². The fraction of sp³-hybridized carbons (Fsp3) is 0.357. The topological polar surface area (TPSA) is 40.5 Å². The minimum Gasteiger partial charge on any atom is -0.391 e. The number of likely N-dealkylation sites (tertiary alicyclic amines) is 1. The van der Waals surface area contributed by atoms with Crippen LogP contribution in [0.5, 0.6) is 0 Å². The monoisotopic (exact) mass is 263 g/mol. The number of amides is 1. The van der Waals surface area contributed by atoms with Crippen LogP contribution < -0.4 is 0 Å². The summed E-state index contributed by atoms with van der Waals surface area (Å²) in [5.74, 6) is -0.0273. The van der Waals surface area contributed by atoms with Gasteiger partial charge in [-0.05, 0) is 36.4 Å². The quantitative estimate of drug-likeness (QED) is 0.670. The number of benzene rings is 1. The number of nitrogens with zero attached hydrogens (tertiary/aromatic N) is 1. The van der Waals surface area contributed by atoms with Gasteiger partial charge < -0.3 is 10.0 Å². The molecule has 1 aliphatic rings. The molecule has 1 amide bonds. The Morgan fingerprint density at radius 2 is 2.17 bits per heavy atom. The van der Waals surface area contributed by atoms with E-state index >= 15 is 0 Å². The summed E-state index contributed by atoms with van der Waals surface area (Å²) in [5.41, 5.74) is 1.01. The van der Waals surface area contributed by atoms with Gasteiger partial charge in [-0.15, -0.1) is 11.8 Å². The highest BCUT2D eigenvalue weighted by Gasteiger charge is 2.22. The molecule has 0 aliphatic carbocycles. The van der Waals surface area contributed by atoms with Crippen molar-refractivity contribution in [2.75, 3.05) is 19.3 Å². The van der Waals surface area contributed by atoms with Crippen molar-refractivity contribution in [3.8, 4) is 0 Å². The molecule has 1 fully saturated rings. The lowest BCUT2D eigenvalue weighted by Gasteiger charge is -2.12. The summed E-state index contributed by atoms with van der Waals surface area (Å²) in [4.78, 5) is 14.7. The van der Waals surface area contributed by atoms with Crippen LogP contribution in [-0.2, 0) is 4.79 Å². The van der Waals surface area contributed by atoms with E-state index in [1.54, 1.807) is 22.7 Å². The number of rotatable bonds is 3. The summed E-state index contributed by atoms with van der Waals surface area (Å²) in [7, 11) is 0. The molecule has 96 valence electrons. The Kier molecular flexibility index (Phi) is 4.44. The molecule has 1 aliphatic heterocycles. The highest BCUT2D eigenvalue weighted by molar-refractivity contribution is 7.98. The van der Waals surface area contributed by atoms with Crippen molar-refractivity contribution in [2.24, 2.45) is 0 Å². The van der Waals surface area contributed by atoms with Gasteiger partial charge in [0.25, 0.3) is 0 Å². The Bertz CT molecular complexity index is 442. The number of thioether (sulfide) groups is 1. The van der Waals surface area contributed by atoms with Crippen molar-refractivity contribution < 1.29 is 9.90 Å². The lowest BCUT2D eigenvalue weighted by atomic mass is 10.2.